The molecule has 184 valence electrons. The van der Waals surface area contributed by atoms with Crippen molar-refractivity contribution in [3.8, 4) is 11.5 Å². The molecule has 3 aromatic rings. The summed E-state index contributed by atoms with van der Waals surface area (Å²) in [6.45, 7) is 1.72. The smallest absolute Gasteiger partial charge is 0.343 e. The van der Waals surface area contributed by atoms with Crippen LogP contribution in [-0.2, 0) is 14.3 Å². The first-order valence-corrected chi connectivity index (χ1v) is 11.4. The Kier molecular flexibility index (Phi) is 7.44. The number of benzene rings is 3. The summed E-state index contributed by atoms with van der Waals surface area (Å²) in [6.07, 6.45) is 0.0360. The lowest BCUT2D eigenvalue weighted by Crippen LogP contribution is -2.27. The molecule has 0 spiro atoms. The normalized spacial score (nSPS) is 14.9. The van der Waals surface area contributed by atoms with Crippen molar-refractivity contribution in [2.75, 3.05) is 25.2 Å². The molecule has 1 aliphatic rings. The van der Waals surface area contributed by atoms with E-state index in [0.29, 0.717) is 16.9 Å². The molecule has 1 saturated heterocycles. The SMILES string of the molecule is COc1cccc(C(=O)Oc2ccc(C(=O)COC(=O)[C@H]3CC(=O)N(c4ccc(C)cc4)C3)cc2)c1. The predicted molar refractivity (Wildman–Crippen MR) is 131 cm³/mol. The standard InChI is InChI=1S/C28H25NO7/c1-18-6-10-22(11-7-18)29-16-21(15-26(29)31)27(32)35-17-25(30)19-8-12-23(13-9-19)36-28(33)20-4-3-5-24(14-20)34-2/h3-14,21H,15-17H2,1-2H3/t21-/m0/s1. The summed E-state index contributed by atoms with van der Waals surface area (Å²) in [4.78, 5) is 51.2. The average Bonchev–Trinajstić information content (AvgIpc) is 3.29. The fourth-order valence-electron chi connectivity index (χ4n) is 3.80. The molecule has 8 nitrogen and oxygen atoms in total. The van der Waals surface area contributed by atoms with Crippen LogP contribution < -0.4 is 14.4 Å². The number of aryl methyl sites for hydroxylation is 1. The Morgan fingerprint density at radius 2 is 1.64 bits per heavy atom. The molecule has 0 aliphatic carbocycles. The quantitative estimate of drug-likeness (QED) is 0.269. The molecule has 1 aliphatic heterocycles. The number of ketones is 1. The maximum Gasteiger partial charge on any atom is 0.343 e. The summed E-state index contributed by atoms with van der Waals surface area (Å²) in [5.74, 6) is -1.56. The van der Waals surface area contributed by atoms with Gasteiger partial charge >= 0.3 is 11.9 Å². The van der Waals surface area contributed by atoms with Crippen molar-refractivity contribution in [2.45, 2.75) is 13.3 Å². The van der Waals surface area contributed by atoms with Crippen LogP contribution in [-0.4, -0.2) is 43.9 Å². The minimum absolute atomic E-state index is 0.0360. The number of rotatable bonds is 8. The van der Waals surface area contributed by atoms with Crippen LogP contribution in [0.5, 0.6) is 11.5 Å². The number of amides is 1. The molecular formula is C28H25NO7. The van der Waals surface area contributed by atoms with E-state index in [-0.39, 0.29) is 24.6 Å². The van der Waals surface area contributed by atoms with Crippen LogP contribution in [0, 0.1) is 12.8 Å². The second-order valence-electron chi connectivity index (χ2n) is 8.42. The number of anilines is 1. The largest absolute Gasteiger partial charge is 0.497 e. The molecule has 1 fully saturated rings. The van der Waals surface area contributed by atoms with Crippen LogP contribution in [0.25, 0.3) is 0 Å². The van der Waals surface area contributed by atoms with Crippen molar-refractivity contribution in [1.82, 2.24) is 0 Å². The third-order valence-corrected chi connectivity index (χ3v) is 5.84. The van der Waals surface area contributed by atoms with Gasteiger partial charge in [-0.2, -0.15) is 0 Å². The van der Waals surface area contributed by atoms with E-state index in [1.807, 2.05) is 31.2 Å². The molecule has 1 amide bonds. The molecule has 4 rings (SSSR count). The van der Waals surface area contributed by atoms with E-state index < -0.39 is 30.2 Å². The Labute approximate surface area is 208 Å². The second kappa shape index (κ2) is 10.9. The molecule has 0 aromatic heterocycles. The van der Waals surface area contributed by atoms with Crippen LogP contribution in [0.15, 0.2) is 72.8 Å². The number of carbonyl (C=O) groups is 4. The third-order valence-electron chi connectivity index (χ3n) is 5.84. The molecule has 3 aromatic carbocycles. The first kappa shape index (κ1) is 24.7. The van der Waals surface area contributed by atoms with Crippen LogP contribution >= 0.6 is 0 Å². The third kappa shape index (κ3) is 5.78. The maximum absolute atomic E-state index is 12.5. The lowest BCUT2D eigenvalue weighted by atomic mass is 10.1. The number of hydrogen-bond donors (Lipinski definition) is 0. The van der Waals surface area contributed by atoms with Crippen LogP contribution in [0.3, 0.4) is 0 Å². The van der Waals surface area contributed by atoms with E-state index in [9.17, 15) is 19.2 Å². The molecular weight excluding hydrogens is 462 g/mol. The van der Waals surface area contributed by atoms with Gasteiger partial charge in [-0.25, -0.2) is 4.79 Å². The summed E-state index contributed by atoms with van der Waals surface area (Å²) < 4.78 is 15.6. The lowest BCUT2D eigenvalue weighted by molar-refractivity contribution is -0.147. The van der Waals surface area contributed by atoms with E-state index in [0.717, 1.165) is 11.3 Å². The first-order valence-electron chi connectivity index (χ1n) is 11.4. The highest BCUT2D eigenvalue weighted by Crippen LogP contribution is 2.26. The van der Waals surface area contributed by atoms with Gasteiger partial charge in [-0.05, 0) is 61.5 Å². The number of Topliss-reactive ketones (excluding diaryl/α,β-unsaturated/α-hetero) is 1. The van der Waals surface area contributed by atoms with Crippen LogP contribution in [0.1, 0.15) is 32.7 Å². The molecule has 1 atom stereocenters. The molecule has 1 heterocycles. The van der Waals surface area contributed by atoms with Crippen LogP contribution in [0.2, 0.25) is 0 Å². The lowest BCUT2D eigenvalue weighted by Gasteiger charge is -2.16. The summed E-state index contributed by atoms with van der Waals surface area (Å²) >= 11 is 0. The minimum atomic E-state index is -0.634. The fraction of sp³-hybridized carbons (Fsp3) is 0.214. The number of nitrogens with zero attached hydrogens (tertiary/aromatic N) is 1. The number of esters is 2. The molecule has 0 bridgehead atoms. The second-order valence-corrected chi connectivity index (χ2v) is 8.42. The number of hydrogen-bond acceptors (Lipinski definition) is 7. The van der Waals surface area contributed by atoms with Gasteiger partial charge in [0.05, 0.1) is 18.6 Å². The topological polar surface area (TPSA) is 99.2 Å². The maximum atomic E-state index is 12.5. The Bertz CT molecular complexity index is 1280. The van der Waals surface area contributed by atoms with E-state index in [1.54, 1.807) is 29.2 Å². The fourth-order valence-corrected chi connectivity index (χ4v) is 3.80. The molecule has 0 N–H and O–H groups in total. The summed E-state index contributed by atoms with van der Waals surface area (Å²) in [5, 5.41) is 0. The Morgan fingerprint density at radius 1 is 0.917 bits per heavy atom. The van der Waals surface area contributed by atoms with Crippen molar-refractivity contribution >= 4 is 29.3 Å². The van der Waals surface area contributed by atoms with Gasteiger partial charge < -0.3 is 19.1 Å². The Morgan fingerprint density at radius 3 is 2.33 bits per heavy atom. The number of carbonyl (C=O) groups excluding carboxylic acids is 4. The summed E-state index contributed by atoms with van der Waals surface area (Å²) in [7, 11) is 1.50. The van der Waals surface area contributed by atoms with E-state index >= 15 is 0 Å². The summed E-state index contributed by atoms with van der Waals surface area (Å²) in [5.41, 5.74) is 2.42. The predicted octanol–water partition coefficient (Wildman–Crippen LogP) is 4.00. The molecule has 0 radical (unpaired) electrons. The van der Waals surface area contributed by atoms with Gasteiger partial charge in [0, 0.05) is 24.2 Å². The van der Waals surface area contributed by atoms with Crippen molar-refractivity contribution in [2.24, 2.45) is 5.92 Å². The monoisotopic (exact) mass is 487 g/mol. The molecule has 36 heavy (non-hydrogen) atoms. The van der Waals surface area contributed by atoms with Gasteiger partial charge in [0.15, 0.2) is 12.4 Å². The zero-order valence-electron chi connectivity index (χ0n) is 19.9. The molecule has 0 saturated carbocycles. The van der Waals surface area contributed by atoms with Gasteiger partial charge in [0.25, 0.3) is 0 Å². The van der Waals surface area contributed by atoms with Crippen molar-refractivity contribution in [3.63, 3.8) is 0 Å². The summed E-state index contributed by atoms with van der Waals surface area (Å²) in [6, 6.07) is 20.0. The number of methoxy groups -OCH3 is 1. The Hall–Kier alpha value is -4.46. The van der Waals surface area contributed by atoms with Crippen molar-refractivity contribution in [1.29, 1.82) is 0 Å². The van der Waals surface area contributed by atoms with Crippen molar-refractivity contribution < 1.29 is 33.4 Å². The van der Waals surface area contributed by atoms with Crippen LogP contribution in [0.4, 0.5) is 5.69 Å². The van der Waals surface area contributed by atoms with E-state index in [4.69, 9.17) is 14.2 Å². The minimum Gasteiger partial charge on any atom is -0.497 e. The van der Waals surface area contributed by atoms with Gasteiger partial charge in [-0.3, -0.25) is 14.4 Å². The highest BCUT2D eigenvalue weighted by Gasteiger charge is 2.36. The number of ether oxygens (including phenoxy) is 3. The molecule has 0 unspecified atom stereocenters. The first-order chi connectivity index (χ1) is 17.3. The van der Waals surface area contributed by atoms with Gasteiger partial charge in [0.2, 0.25) is 5.91 Å². The Balaban J connectivity index is 1.29. The van der Waals surface area contributed by atoms with Crippen molar-refractivity contribution in [3.05, 3.63) is 89.5 Å². The van der Waals surface area contributed by atoms with Gasteiger partial charge in [-0.15, -0.1) is 0 Å². The van der Waals surface area contributed by atoms with Gasteiger partial charge in [0.1, 0.15) is 11.5 Å². The van der Waals surface area contributed by atoms with Gasteiger partial charge in [-0.1, -0.05) is 23.8 Å². The highest BCUT2D eigenvalue weighted by atomic mass is 16.5. The molecule has 8 heteroatoms. The van der Waals surface area contributed by atoms with E-state index in [2.05, 4.69) is 0 Å². The average molecular weight is 488 g/mol. The zero-order chi connectivity index (χ0) is 25.7. The zero-order valence-corrected chi connectivity index (χ0v) is 19.9. The van der Waals surface area contributed by atoms with E-state index in [1.165, 1.54) is 31.4 Å². The highest BCUT2D eigenvalue weighted by molar-refractivity contribution is 6.01.